The molecule has 1 aromatic rings. The second-order valence-electron chi connectivity index (χ2n) is 6.43. The van der Waals surface area contributed by atoms with E-state index in [0.29, 0.717) is 0 Å². The first-order chi connectivity index (χ1) is 9.78. The smallest absolute Gasteiger partial charge is 0.185 e. The Bertz CT molecular complexity index is 431. The molecule has 0 spiro atoms. The largest absolute Gasteiger partial charge is 0.348 e. The highest BCUT2D eigenvalue weighted by molar-refractivity contribution is 7.15. The monoisotopic (exact) mass is 293 g/mol. The fourth-order valence-electron chi connectivity index (χ4n) is 2.87. The van der Waals surface area contributed by atoms with E-state index in [2.05, 4.69) is 24.1 Å². The third-order valence-electron chi connectivity index (χ3n) is 4.45. The van der Waals surface area contributed by atoms with Gasteiger partial charge in [-0.1, -0.05) is 13.8 Å². The van der Waals surface area contributed by atoms with Crippen molar-refractivity contribution in [1.82, 2.24) is 10.3 Å². The fourth-order valence-corrected chi connectivity index (χ4v) is 4.03. The average molecular weight is 293 g/mol. The van der Waals surface area contributed by atoms with Gasteiger partial charge >= 0.3 is 0 Å². The zero-order valence-electron chi connectivity index (χ0n) is 12.8. The van der Waals surface area contributed by atoms with Gasteiger partial charge in [0.2, 0.25) is 0 Å². The molecule has 1 N–H and O–H groups in total. The molecule has 1 aromatic heterocycles. The Labute approximate surface area is 126 Å². The van der Waals surface area contributed by atoms with Gasteiger partial charge in [-0.05, 0) is 44.6 Å². The molecule has 0 bridgehead atoms. The lowest BCUT2D eigenvalue weighted by atomic mass is 10.00. The zero-order chi connectivity index (χ0) is 13.9. The van der Waals surface area contributed by atoms with E-state index in [9.17, 15) is 0 Å². The summed E-state index contributed by atoms with van der Waals surface area (Å²) < 4.78 is 0. The van der Waals surface area contributed by atoms with Gasteiger partial charge in [-0.25, -0.2) is 4.98 Å². The number of hydrogen-bond donors (Lipinski definition) is 1. The van der Waals surface area contributed by atoms with Crippen LogP contribution in [0, 0.1) is 5.92 Å². The van der Waals surface area contributed by atoms with Crippen LogP contribution in [0.2, 0.25) is 0 Å². The Balaban J connectivity index is 1.69. The number of hydrogen-bond acceptors (Lipinski definition) is 4. The number of rotatable bonds is 6. The summed E-state index contributed by atoms with van der Waals surface area (Å²) in [6.07, 6.45) is 6.54. The van der Waals surface area contributed by atoms with Gasteiger partial charge in [0, 0.05) is 30.4 Å². The third kappa shape index (κ3) is 3.34. The normalized spacial score (nSPS) is 20.6. The van der Waals surface area contributed by atoms with Crippen LogP contribution < -0.4 is 10.2 Å². The van der Waals surface area contributed by atoms with Crippen molar-refractivity contribution in [2.24, 2.45) is 5.92 Å². The third-order valence-corrected chi connectivity index (χ3v) is 5.58. The molecule has 2 aliphatic rings. The predicted octanol–water partition coefficient (Wildman–Crippen LogP) is 3.76. The Morgan fingerprint density at radius 1 is 1.25 bits per heavy atom. The van der Waals surface area contributed by atoms with Gasteiger partial charge in [-0.2, -0.15) is 0 Å². The summed E-state index contributed by atoms with van der Waals surface area (Å²) in [7, 11) is 0. The molecular formula is C16H27N3S. The van der Waals surface area contributed by atoms with Crippen LogP contribution in [0.5, 0.6) is 0 Å². The van der Waals surface area contributed by atoms with E-state index in [1.807, 2.05) is 11.3 Å². The molecule has 0 unspecified atom stereocenters. The minimum atomic E-state index is 0.766. The van der Waals surface area contributed by atoms with E-state index in [1.54, 1.807) is 0 Å². The molecule has 2 fully saturated rings. The van der Waals surface area contributed by atoms with Crippen molar-refractivity contribution in [2.75, 3.05) is 24.5 Å². The predicted molar refractivity (Wildman–Crippen MR) is 86.7 cm³/mol. The first kappa shape index (κ1) is 14.3. The fraction of sp³-hybridized carbons (Fsp3) is 0.812. The SMILES string of the molecule is CCCNCc1sc(N2CCC(C)CC2)nc1C1CC1. The maximum absolute atomic E-state index is 5.00. The molecule has 2 heterocycles. The van der Waals surface area contributed by atoms with Gasteiger partial charge in [0.1, 0.15) is 0 Å². The topological polar surface area (TPSA) is 28.2 Å². The highest BCUT2D eigenvalue weighted by Gasteiger charge is 2.30. The van der Waals surface area contributed by atoms with E-state index in [0.717, 1.165) is 24.9 Å². The standard InChI is InChI=1S/C16H27N3S/c1-3-8-17-11-14-15(13-4-5-13)18-16(20-14)19-9-6-12(2)7-10-19/h12-13,17H,3-11H2,1-2H3. The van der Waals surface area contributed by atoms with Crippen molar-refractivity contribution in [3.8, 4) is 0 Å². The maximum atomic E-state index is 5.00. The zero-order valence-corrected chi connectivity index (χ0v) is 13.6. The van der Waals surface area contributed by atoms with E-state index >= 15 is 0 Å². The Hall–Kier alpha value is -0.610. The Kier molecular flexibility index (Phi) is 4.61. The average Bonchev–Trinajstić information content (AvgIpc) is 3.21. The molecule has 3 nitrogen and oxygen atoms in total. The minimum absolute atomic E-state index is 0.766. The first-order valence-electron chi connectivity index (χ1n) is 8.23. The van der Waals surface area contributed by atoms with Gasteiger partial charge < -0.3 is 10.2 Å². The molecule has 1 saturated carbocycles. The molecule has 4 heteroatoms. The van der Waals surface area contributed by atoms with E-state index < -0.39 is 0 Å². The van der Waals surface area contributed by atoms with Gasteiger partial charge in [0.15, 0.2) is 5.13 Å². The second-order valence-corrected chi connectivity index (χ2v) is 7.49. The Morgan fingerprint density at radius 3 is 2.65 bits per heavy atom. The summed E-state index contributed by atoms with van der Waals surface area (Å²) in [5.41, 5.74) is 1.41. The van der Waals surface area contributed by atoms with Crippen molar-refractivity contribution in [3.05, 3.63) is 10.6 Å². The first-order valence-corrected chi connectivity index (χ1v) is 9.04. The van der Waals surface area contributed by atoms with Crippen LogP contribution in [-0.2, 0) is 6.54 Å². The quantitative estimate of drug-likeness (QED) is 0.810. The lowest BCUT2D eigenvalue weighted by Gasteiger charge is -2.29. The van der Waals surface area contributed by atoms with Crippen molar-refractivity contribution < 1.29 is 0 Å². The van der Waals surface area contributed by atoms with Gasteiger partial charge in [-0.15, -0.1) is 11.3 Å². The van der Waals surface area contributed by atoms with Gasteiger partial charge in [-0.3, -0.25) is 0 Å². The summed E-state index contributed by atoms with van der Waals surface area (Å²) in [6.45, 7) is 9.11. The molecule has 0 radical (unpaired) electrons. The molecule has 112 valence electrons. The summed E-state index contributed by atoms with van der Waals surface area (Å²) in [5.74, 6) is 1.65. The van der Waals surface area contributed by atoms with Crippen LogP contribution in [0.4, 0.5) is 5.13 Å². The number of anilines is 1. The molecule has 20 heavy (non-hydrogen) atoms. The lowest BCUT2D eigenvalue weighted by molar-refractivity contribution is 0.438. The molecule has 1 aliphatic carbocycles. The number of aromatic nitrogens is 1. The van der Waals surface area contributed by atoms with E-state index in [-0.39, 0.29) is 0 Å². The lowest BCUT2D eigenvalue weighted by Crippen LogP contribution is -2.32. The Morgan fingerprint density at radius 2 is 2.00 bits per heavy atom. The second kappa shape index (κ2) is 6.44. The van der Waals surface area contributed by atoms with Crippen LogP contribution in [0.15, 0.2) is 0 Å². The van der Waals surface area contributed by atoms with Crippen molar-refractivity contribution in [2.45, 2.75) is 58.4 Å². The molecule has 1 aliphatic heterocycles. The van der Waals surface area contributed by atoms with Crippen molar-refractivity contribution >= 4 is 16.5 Å². The highest BCUT2D eigenvalue weighted by atomic mass is 32.1. The van der Waals surface area contributed by atoms with Crippen LogP contribution in [0.25, 0.3) is 0 Å². The van der Waals surface area contributed by atoms with Crippen molar-refractivity contribution in [3.63, 3.8) is 0 Å². The van der Waals surface area contributed by atoms with E-state index in [1.165, 1.54) is 60.9 Å². The summed E-state index contributed by atoms with van der Waals surface area (Å²) in [6, 6.07) is 0. The maximum Gasteiger partial charge on any atom is 0.185 e. The van der Waals surface area contributed by atoms with Crippen LogP contribution >= 0.6 is 11.3 Å². The van der Waals surface area contributed by atoms with Gasteiger partial charge in [0.05, 0.1) is 5.69 Å². The summed E-state index contributed by atoms with van der Waals surface area (Å²) in [4.78, 5) is 9.01. The summed E-state index contributed by atoms with van der Waals surface area (Å²) >= 11 is 1.94. The minimum Gasteiger partial charge on any atom is -0.348 e. The number of nitrogens with one attached hydrogen (secondary N) is 1. The molecular weight excluding hydrogens is 266 g/mol. The van der Waals surface area contributed by atoms with Gasteiger partial charge in [0.25, 0.3) is 0 Å². The summed E-state index contributed by atoms with van der Waals surface area (Å²) in [5, 5.41) is 4.83. The van der Waals surface area contributed by atoms with E-state index in [4.69, 9.17) is 4.98 Å². The van der Waals surface area contributed by atoms with Crippen LogP contribution in [-0.4, -0.2) is 24.6 Å². The van der Waals surface area contributed by atoms with Crippen LogP contribution in [0.3, 0.4) is 0 Å². The van der Waals surface area contributed by atoms with Crippen molar-refractivity contribution in [1.29, 1.82) is 0 Å². The molecule has 0 aromatic carbocycles. The molecule has 0 atom stereocenters. The number of thiazole rings is 1. The molecule has 0 amide bonds. The number of nitrogens with zero attached hydrogens (tertiary/aromatic N) is 2. The number of piperidine rings is 1. The highest BCUT2D eigenvalue weighted by Crippen LogP contribution is 2.44. The molecule has 3 rings (SSSR count). The molecule has 1 saturated heterocycles. The van der Waals surface area contributed by atoms with Crippen LogP contribution in [0.1, 0.15) is 62.4 Å².